The van der Waals surface area contributed by atoms with Crippen LogP contribution in [0.1, 0.15) is 11.8 Å². The molecular formula is C19H18Cl2N4OS2. The molecule has 2 heterocycles. The van der Waals surface area contributed by atoms with Gasteiger partial charge in [0.1, 0.15) is 0 Å². The number of benzene rings is 1. The number of thioether (sulfide) groups is 1. The number of amides is 1. The van der Waals surface area contributed by atoms with Crippen molar-refractivity contribution < 1.29 is 4.79 Å². The van der Waals surface area contributed by atoms with E-state index in [0.29, 0.717) is 27.4 Å². The summed E-state index contributed by atoms with van der Waals surface area (Å²) in [5.41, 5.74) is 1.63. The number of halogens is 2. The highest BCUT2D eigenvalue weighted by atomic mass is 35.5. The highest BCUT2D eigenvalue weighted by Crippen LogP contribution is 2.29. The highest BCUT2D eigenvalue weighted by Gasteiger charge is 2.16. The van der Waals surface area contributed by atoms with E-state index < -0.39 is 0 Å². The van der Waals surface area contributed by atoms with Crippen molar-refractivity contribution in [1.82, 2.24) is 14.8 Å². The van der Waals surface area contributed by atoms with Crippen molar-refractivity contribution >= 4 is 57.9 Å². The summed E-state index contributed by atoms with van der Waals surface area (Å²) in [6, 6.07) is 7.09. The third-order valence-corrected chi connectivity index (χ3v) is 6.61. The minimum Gasteiger partial charge on any atom is -0.325 e. The van der Waals surface area contributed by atoms with E-state index in [0.717, 1.165) is 17.8 Å². The Labute approximate surface area is 181 Å². The van der Waals surface area contributed by atoms with E-state index in [1.165, 1.54) is 16.6 Å². The summed E-state index contributed by atoms with van der Waals surface area (Å²) in [4.78, 5) is 13.6. The van der Waals surface area contributed by atoms with Crippen LogP contribution in [0.2, 0.25) is 10.0 Å². The summed E-state index contributed by atoms with van der Waals surface area (Å²) in [6.07, 6.45) is 2.77. The lowest BCUT2D eigenvalue weighted by Gasteiger charge is -2.08. The molecule has 0 bridgehead atoms. The average Bonchev–Trinajstić information content (AvgIpc) is 3.30. The maximum Gasteiger partial charge on any atom is 0.234 e. The van der Waals surface area contributed by atoms with E-state index >= 15 is 0 Å². The zero-order valence-electron chi connectivity index (χ0n) is 15.1. The first-order chi connectivity index (χ1) is 13.5. The van der Waals surface area contributed by atoms with Crippen molar-refractivity contribution in [1.29, 1.82) is 0 Å². The third-order valence-electron chi connectivity index (χ3n) is 3.82. The molecule has 0 fully saturated rings. The second kappa shape index (κ2) is 9.60. The number of anilines is 1. The number of nitrogens with one attached hydrogen (secondary N) is 1. The Morgan fingerprint density at radius 3 is 2.82 bits per heavy atom. The Balaban J connectivity index is 1.70. The molecule has 2 aromatic heterocycles. The van der Waals surface area contributed by atoms with Crippen LogP contribution < -0.4 is 5.32 Å². The number of nitrogens with zero attached hydrogens (tertiary/aromatic N) is 3. The Kier molecular flexibility index (Phi) is 7.18. The van der Waals surface area contributed by atoms with Crippen LogP contribution in [0.25, 0.3) is 11.4 Å². The molecule has 0 unspecified atom stereocenters. The number of thiophene rings is 1. The van der Waals surface area contributed by atoms with E-state index in [9.17, 15) is 4.79 Å². The Morgan fingerprint density at radius 1 is 1.32 bits per heavy atom. The predicted octanol–water partition coefficient (Wildman–Crippen LogP) is 5.79. The van der Waals surface area contributed by atoms with Gasteiger partial charge in [-0.25, -0.2) is 0 Å². The van der Waals surface area contributed by atoms with Gasteiger partial charge < -0.3 is 5.32 Å². The maximum absolute atomic E-state index is 12.3. The number of rotatable bonds is 8. The van der Waals surface area contributed by atoms with Crippen LogP contribution >= 0.6 is 46.3 Å². The summed E-state index contributed by atoms with van der Waals surface area (Å²) < 4.78 is 1.96. The fraction of sp³-hybridized carbons (Fsp3) is 0.211. The van der Waals surface area contributed by atoms with Gasteiger partial charge in [0, 0.05) is 28.1 Å². The first kappa shape index (κ1) is 20.9. The molecular weight excluding hydrogens is 435 g/mol. The van der Waals surface area contributed by atoms with Gasteiger partial charge in [0.15, 0.2) is 11.0 Å². The highest BCUT2D eigenvalue weighted by molar-refractivity contribution is 7.99. The van der Waals surface area contributed by atoms with Gasteiger partial charge in [-0.1, -0.05) is 48.0 Å². The van der Waals surface area contributed by atoms with Gasteiger partial charge in [-0.05, 0) is 30.7 Å². The summed E-state index contributed by atoms with van der Waals surface area (Å²) in [5, 5.41) is 15.0. The average molecular weight is 453 g/mol. The van der Waals surface area contributed by atoms with Crippen molar-refractivity contribution in [3.63, 3.8) is 0 Å². The van der Waals surface area contributed by atoms with E-state index in [1.54, 1.807) is 35.6 Å². The van der Waals surface area contributed by atoms with Gasteiger partial charge in [0.05, 0.1) is 15.8 Å². The molecule has 3 rings (SSSR count). The van der Waals surface area contributed by atoms with E-state index in [1.807, 2.05) is 4.57 Å². The summed E-state index contributed by atoms with van der Waals surface area (Å²) >= 11 is 14.9. The van der Waals surface area contributed by atoms with Crippen LogP contribution in [-0.2, 0) is 17.8 Å². The summed E-state index contributed by atoms with van der Waals surface area (Å²) in [7, 11) is 0. The molecule has 5 nitrogen and oxygen atoms in total. The van der Waals surface area contributed by atoms with Crippen molar-refractivity contribution in [3.05, 3.63) is 57.2 Å². The number of allylic oxidation sites excluding steroid dienone is 1. The fourth-order valence-electron chi connectivity index (χ4n) is 2.49. The lowest BCUT2D eigenvalue weighted by atomic mass is 10.2. The molecule has 0 radical (unpaired) electrons. The van der Waals surface area contributed by atoms with E-state index in [2.05, 4.69) is 40.5 Å². The molecule has 0 spiro atoms. The van der Waals surface area contributed by atoms with Crippen molar-refractivity contribution in [2.75, 3.05) is 11.1 Å². The van der Waals surface area contributed by atoms with Crippen LogP contribution in [0.3, 0.4) is 0 Å². The zero-order chi connectivity index (χ0) is 20.1. The number of aryl methyl sites for hydroxylation is 1. The summed E-state index contributed by atoms with van der Waals surface area (Å²) in [6.45, 7) is 6.50. The van der Waals surface area contributed by atoms with Gasteiger partial charge in [0.25, 0.3) is 0 Å². The minimum atomic E-state index is -0.165. The third kappa shape index (κ3) is 4.97. The van der Waals surface area contributed by atoms with Gasteiger partial charge in [-0.2, -0.15) is 0 Å². The smallest absolute Gasteiger partial charge is 0.234 e. The molecule has 1 amide bonds. The zero-order valence-corrected chi connectivity index (χ0v) is 18.3. The predicted molar refractivity (Wildman–Crippen MR) is 119 cm³/mol. The molecule has 146 valence electrons. The SMILES string of the molecule is C=CCn1c(SCC(=O)Nc2ccc(Cl)c(Cl)c2)nnc1-c1csc(CC)c1. The van der Waals surface area contributed by atoms with Crippen LogP contribution in [0.5, 0.6) is 0 Å². The molecule has 0 aliphatic carbocycles. The molecule has 1 N–H and O–H groups in total. The van der Waals surface area contributed by atoms with Gasteiger partial charge in [-0.3, -0.25) is 9.36 Å². The number of carbonyl (C=O) groups excluding carboxylic acids is 1. The molecule has 9 heteroatoms. The van der Waals surface area contributed by atoms with Crippen LogP contribution in [0.4, 0.5) is 5.69 Å². The molecule has 3 aromatic rings. The minimum absolute atomic E-state index is 0.165. The Morgan fingerprint density at radius 2 is 2.14 bits per heavy atom. The Bertz CT molecular complexity index is 1000. The molecule has 0 aliphatic rings. The monoisotopic (exact) mass is 452 g/mol. The van der Waals surface area contributed by atoms with Crippen molar-refractivity contribution in [2.24, 2.45) is 0 Å². The van der Waals surface area contributed by atoms with Crippen LogP contribution in [0.15, 0.2) is 47.5 Å². The van der Waals surface area contributed by atoms with E-state index in [-0.39, 0.29) is 11.7 Å². The largest absolute Gasteiger partial charge is 0.325 e. The second-order valence-electron chi connectivity index (χ2n) is 5.83. The fourth-order valence-corrected chi connectivity index (χ4v) is 4.35. The molecule has 0 saturated carbocycles. The van der Waals surface area contributed by atoms with Gasteiger partial charge in [0.2, 0.25) is 5.91 Å². The van der Waals surface area contributed by atoms with Crippen LogP contribution in [0, 0.1) is 0 Å². The van der Waals surface area contributed by atoms with Crippen molar-refractivity contribution in [2.45, 2.75) is 25.0 Å². The van der Waals surface area contributed by atoms with Gasteiger partial charge >= 0.3 is 0 Å². The molecule has 0 atom stereocenters. The number of carbonyl (C=O) groups is 1. The van der Waals surface area contributed by atoms with Crippen molar-refractivity contribution in [3.8, 4) is 11.4 Å². The standard InChI is InChI=1S/C19H18Cl2N4OS2/c1-3-7-25-18(12-8-14(4-2)27-10-12)23-24-19(25)28-11-17(26)22-13-5-6-15(20)16(21)9-13/h3,5-6,8-10H,1,4,7,11H2,2H3,(H,22,26). The number of aromatic nitrogens is 3. The quantitative estimate of drug-likeness (QED) is 0.346. The van der Waals surface area contributed by atoms with Gasteiger partial charge in [-0.15, -0.1) is 28.1 Å². The summed E-state index contributed by atoms with van der Waals surface area (Å²) in [5.74, 6) is 0.810. The number of hydrogen-bond acceptors (Lipinski definition) is 5. The Hall–Kier alpha value is -1.80. The lowest BCUT2D eigenvalue weighted by molar-refractivity contribution is -0.113. The first-order valence-electron chi connectivity index (χ1n) is 8.51. The second-order valence-corrected chi connectivity index (χ2v) is 8.58. The molecule has 0 aliphatic heterocycles. The topological polar surface area (TPSA) is 59.8 Å². The molecule has 28 heavy (non-hydrogen) atoms. The van der Waals surface area contributed by atoms with E-state index in [4.69, 9.17) is 23.2 Å². The maximum atomic E-state index is 12.3. The lowest BCUT2D eigenvalue weighted by Crippen LogP contribution is -2.14. The molecule has 1 aromatic carbocycles. The number of hydrogen-bond donors (Lipinski definition) is 1. The normalized spacial score (nSPS) is 10.8. The molecule has 0 saturated heterocycles. The van der Waals surface area contributed by atoms with Crippen LogP contribution in [-0.4, -0.2) is 26.4 Å². The first-order valence-corrected chi connectivity index (χ1v) is 11.1.